The van der Waals surface area contributed by atoms with Crippen molar-refractivity contribution in [3.63, 3.8) is 0 Å². The van der Waals surface area contributed by atoms with Crippen molar-refractivity contribution >= 4 is 23.5 Å². The first kappa shape index (κ1) is 29.8. The topological polar surface area (TPSA) is 101 Å². The fourth-order valence-corrected chi connectivity index (χ4v) is 7.53. The number of nitrogens with zero attached hydrogens (tertiary/aromatic N) is 3. The van der Waals surface area contributed by atoms with E-state index in [4.69, 9.17) is 17.3 Å². The van der Waals surface area contributed by atoms with Crippen molar-refractivity contribution in [1.82, 2.24) is 14.7 Å². The summed E-state index contributed by atoms with van der Waals surface area (Å²) in [6.45, 7) is 5.65. The third-order valence-electron chi connectivity index (χ3n) is 10.0. The summed E-state index contributed by atoms with van der Waals surface area (Å²) in [6, 6.07) is 1.98. The molecule has 1 heterocycles. The first-order chi connectivity index (χ1) is 19.1. The fraction of sp³-hybridized carbons (Fsp3) is 0.621. The summed E-state index contributed by atoms with van der Waals surface area (Å²) >= 11 is 6.22. The van der Waals surface area contributed by atoms with Crippen LogP contribution in [0.2, 0.25) is 5.02 Å². The van der Waals surface area contributed by atoms with Gasteiger partial charge < -0.3 is 15.7 Å². The fourth-order valence-electron chi connectivity index (χ4n) is 7.23. The Morgan fingerprint density at radius 1 is 1.20 bits per heavy atom. The lowest BCUT2D eigenvalue weighted by molar-refractivity contribution is -0.152. The van der Waals surface area contributed by atoms with Crippen molar-refractivity contribution in [3.05, 3.63) is 52.1 Å². The average Bonchev–Trinajstić information content (AvgIpc) is 3.30. The van der Waals surface area contributed by atoms with Gasteiger partial charge in [-0.15, -0.1) is 0 Å². The number of carbonyl (C=O) groups excluding carboxylic acids is 1. The highest BCUT2D eigenvalue weighted by Crippen LogP contribution is 2.67. The smallest absolute Gasteiger partial charge is 0.433 e. The van der Waals surface area contributed by atoms with Crippen LogP contribution in [0.15, 0.2) is 24.4 Å². The molecule has 0 spiro atoms. The first-order valence-electron chi connectivity index (χ1n) is 13.9. The molecule has 3 saturated carbocycles. The molecular weight excluding hydrogens is 564 g/mol. The van der Waals surface area contributed by atoms with Gasteiger partial charge in [0.1, 0.15) is 5.82 Å². The molecule has 3 aliphatic carbocycles. The molecule has 224 valence electrons. The van der Waals surface area contributed by atoms with Gasteiger partial charge in [0.15, 0.2) is 5.69 Å². The number of nitrogens with two attached hydrogens (primary N) is 1. The zero-order valence-electron chi connectivity index (χ0n) is 23.2. The van der Waals surface area contributed by atoms with Crippen molar-refractivity contribution in [3.8, 4) is 0 Å². The summed E-state index contributed by atoms with van der Waals surface area (Å²) in [4.78, 5) is 27.0. The number of carbonyl (C=O) groups is 2. The number of hydrogen-bond donors (Lipinski definition) is 2. The highest BCUT2D eigenvalue weighted by molar-refractivity contribution is 6.31. The van der Waals surface area contributed by atoms with E-state index < -0.39 is 52.6 Å². The van der Waals surface area contributed by atoms with Crippen LogP contribution in [0.3, 0.4) is 0 Å². The third-order valence-corrected chi connectivity index (χ3v) is 10.4. The van der Waals surface area contributed by atoms with E-state index in [0.29, 0.717) is 24.7 Å². The second-order valence-electron chi connectivity index (χ2n) is 12.8. The number of halogens is 5. The third kappa shape index (κ3) is 5.24. The quantitative estimate of drug-likeness (QED) is 0.355. The molecule has 7 nitrogen and oxygen atoms in total. The van der Waals surface area contributed by atoms with Crippen LogP contribution in [0.5, 0.6) is 0 Å². The second-order valence-corrected chi connectivity index (χ2v) is 13.2. The maximum absolute atomic E-state index is 14.7. The van der Waals surface area contributed by atoms with Crippen molar-refractivity contribution in [1.29, 1.82) is 0 Å². The number of aromatic nitrogens is 2. The maximum Gasteiger partial charge on any atom is 0.433 e. The van der Waals surface area contributed by atoms with E-state index in [0.717, 1.165) is 10.9 Å². The van der Waals surface area contributed by atoms with E-state index in [9.17, 15) is 32.3 Å². The van der Waals surface area contributed by atoms with E-state index in [1.54, 1.807) is 6.92 Å². The van der Waals surface area contributed by atoms with E-state index >= 15 is 0 Å². The van der Waals surface area contributed by atoms with Crippen LogP contribution in [-0.2, 0) is 11.0 Å². The number of fused-ring (bicyclic) bond motifs is 1. The Balaban J connectivity index is 1.47. The van der Waals surface area contributed by atoms with Crippen LogP contribution in [0.4, 0.5) is 17.6 Å². The van der Waals surface area contributed by atoms with Gasteiger partial charge in [0.2, 0.25) is 0 Å². The van der Waals surface area contributed by atoms with Crippen molar-refractivity contribution in [2.45, 2.75) is 83.6 Å². The molecular formula is C29H35ClF4N4O3. The van der Waals surface area contributed by atoms with Crippen LogP contribution >= 0.6 is 11.6 Å². The van der Waals surface area contributed by atoms with E-state index in [-0.39, 0.29) is 54.3 Å². The molecule has 0 aliphatic heterocycles. The SMILES string of the molecule is CC1(C(=O)O)CCC(n2ncc(C(=O)N(CC(N)c3c(F)cccc3Cl)C3CC4C(C3)C4(C)C)c2C(F)(F)F)CC1. The number of carboxylic acid groups (broad SMARTS) is 1. The molecule has 0 saturated heterocycles. The van der Waals surface area contributed by atoms with Crippen molar-refractivity contribution < 1.29 is 32.3 Å². The minimum absolute atomic E-state index is 0.00544. The van der Waals surface area contributed by atoms with E-state index in [1.165, 1.54) is 23.1 Å². The summed E-state index contributed by atoms with van der Waals surface area (Å²) in [5.41, 5.74) is 3.72. The number of aliphatic carboxylic acids is 1. The number of rotatable bonds is 7. The largest absolute Gasteiger partial charge is 0.481 e. The molecule has 3 fully saturated rings. The minimum atomic E-state index is -4.89. The lowest BCUT2D eigenvalue weighted by Crippen LogP contribution is -2.45. The summed E-state index contributed by atoms with van der Waals surface area (Å²) in [7, 11) is 0. The Bertz CT molecular complexity index is 1320. The van der Waals surface area contributed by atoms with E-state index in [2.05, 4.69) is 18.9 Å². The van der Waals surface area contributed by atoms with Gasteiger partial charge in [0.25, 0.3) is 5.91 Å². The second kappa shape index (κ2) is 10.3. The lowest BCUT2D eigenvalue weighted by atomic mass is 9.74. The average molecular weight is 599 g/mol. The molecule has 3 unspecified atom stereocenters. The van der Waals surface area contributed by atoms with Crippen LogP contribution in [0.1, 0.15) is 93.0 Å². The Morgan fingerprint density at radius 2 is 1.80 bits per heavy atom. The van der Waals surface area contributed by atoms with Crippen LogP contribution in [0.25, 0.3) is 0 Å². The maximum atomic E-state index is 14.7. The Kier molecular flexibility index (Phi) is 7.46. The summed E-state index contributed by atoms with van der Waals surface area (Å²) < 4.78 is 59.2. The monoisotopic (exact) mass is 598 g/mol. The molecule has 5 rings (SSSR count). The molecule has 0 radical (unpaired) electrons. The summed E-state index contributed by atoms with van der Waals surface area (Å²) in [6.07, 6.45) is -1.95. The number of amides is 1. The van der Waals surface area contributed by atoms with Gasteiger partial charge >= 0.3 is 12.1 Å². The zero-order valence-corrected chi connectivity index (χ0v) is 24.0. The van der Waals surface area contributed by atoms with Gasteiger partial charge in [0.05, 0.1) is 29.3 Å². The highest BCUT2D eigenvalue weighted by Gasteiger charge is 2.63. The molecule has 1 aromatic carbocycles. The van der Waals surface area contributed by atoms with Gasteiger partial charge in [-0.25, -0.2) is 4.39 Å². The van der Waals surface area contributed by atoms with Crippen molar-refractivity contribution in [2.24, 2.45) is 28.4 Å². The summed E-state index contributed by atoms with van der Waals surface area (Å²) in [5.74, 6) is -1.81. The van der Waals surface area contributed by atoms with Crippen molar-refractivity contribution in [2.75, 3.05) is 6.54 Å². The van der Waals surface area contributed by atoms with E-state index in [1.807, 2.05) is 0 Å². The predicted molar refractivity (Wildman–Crippen MR) is 144 cm³/mol. The van der Waals surface area contributed by atoms with Crippen LogP contribution < -0.4 is 5.73 Å². The van der Waals surface area contributed by atoms with Gasteiger partial charge in [0, 0.05) is 23.2 Å². The molecule has 0 bridgehead atoms. The van der Waals surface area contributed by atoms with Gasteiger partial charge in [-0.1, -0.05) is 31.5 Å². The number of hydrogen-bond acceptors (Lipinski definition) is 4. The van der Waals surface area contributed by atoms with Gasteiger partial charge in [-0.05, 0) is 74.8 Å². The minimum Gasteiger partial charge on any atom is -0.481 e. The molecule has 1 amide bonds. The first-order valence-corrected chi connectivity index (χ1v) is 14.3. The Morgan fingerprint density at radius 3 is 2.34 bits per heavy atom. The lowest BCUT2D eigenvalue weighted by Gasteiger charge is -2.35. The standard InChI is InChI=1S/C29H35ClF4N4O3/c1-27(2)18-11-16(12-19(18)27)37(14-22(35)23-20(30)5-4-6-21(23)31)25(39)17-13-36-38(24(17)29(32,33)34)15-7-9-28(3,10-8-15)26(40)41/h4-6,13,15-16,18-19,22H,7-12,14,35H2,1-3H3,(H,40,41). The molecule has 2 aromatic rings. The van der Waals surface area contributed by atoms with Gasteiger partial charge in [-0.2, -0.15) is 18.3 Å². The Labute approximate surface area is 241 Å². The molecule has 3 N–H and O–H groups in total. The Hall–Kier alpha value is -2.66. The van der Waals surface area contributed by atoms with Gasteiger partial charge in [-0.3, -0.25) is 14.3 Å². The van der Waals surface area contributed by atoms with Crippen LogP contribution in [0, 0.1) is 28.5 Å². The number of alkyl halides is 3. The number of benzene rings is 1. The predicted octanol–water partition coefficient (Wildman–Crippen LogP) is 6.48. The highest BCUT2D eigenvalue weighted by atomic mass is 35.5. The summed E-state index contributed by atoms with van der Waals surface area (Å²) in [5, 5.41) is 13.6. The molecule has 12 heteroatoms. The molecule has 3 aliphatic rings. The van der Waals surface area contributed by atoms with Crippen LogP contribution in [-0.4, -0.2) is 44.3 Å². The number of carboxylic acids is 1. The zero-order chi connectivity index (χ0) is 30.1. The molecule has 3 atom stereocenters. The molecule has 41 heavy (non-hydrogen) atoms. The molecule has 1 aromatic heterocycles. The normalized spacial score (nSPS) is 29.6.